The molecule has 0 atom stereocenters. The molecule has 0 saturated heterocycles. The van der Waals surface area contributed by atoms with Gasteiger partial charge in [0.25, 0.3) is 0 Å². The second-order valence-electron chi connectivity index (χ2n) is 1.84. The molecule has 0 aliphatic rings. The molecule has 1 aromatic carbocycles. The SMILES string of the molecule is Br[B-](Br)(Br)Br.c1ccc[cH+]cc1. The van der Waals surface area contributed by atoms with E-state index in [0.717, 1.165) is 0 Å². The predicted octanol–water partition coefficient (Wildman–Crippen LogP) is 4.97. The molecule has 66 valence electrons. The highest BCUT2D eigenvalue weighted by molar-refractivity contribution is 9.90. The first-order valence-electron chi connectivity index (χ1n) is 3.21. The molecule has 5 heteroatoms. The van der Waals surface area contributed by atoms with Crippen LogP contribution in [0.1, 0.15) is 0 Å². The molecule has 0 N–H and O–H groups in total. The summed E-state index contributed by atoms with van der Waals surface area (Å²) in [6, 6.07) is 14.0. The summed E-state index contributed by atoms with van der Waals surface area (Å²) in [6.07, 6.45) is 0. The van der Waals surface area contributed by atoms with E-state index < -0.39 is 1.44 Å². The van der Waals surface area contributed by atoms with Crippen LogP contribution in [-0.4, -0.2) is 1.44 Å². The minimum Gasteiger partial charge on any atom is -0.311 e. The third-order valence-electron chi connectivity index (χ3n) is 0.778. The Morgan fingerprint density at radius 1 is 0.750 bits per heavy atom. The molecule has 12 heavy (non-hydrogen) atoms. The predicted molar refractivity (Wildman–Crippen MR) is 72.3 cm³/mol. The highest BCUT2D eigenvalue weighted by Crippen LogP contribution is 2.33. The first-order chi connectivity index (χ1) is 5.50. The van der Waals surface area contributed by atoms with E-state index in [1.807, 2.05) is 42.5 Å². The van der Waals surface area contributed by atoms with Gasteiger partial charge in [0.05, 0.1) is 0 Å². The number of hydrogen-bond acceptors (Lipinski definition) is 0. The summed E-state index contributed by atoms with van der Waals surface area (Å²) in [6.45, 7) is 0. The summed E-state index contributed by atoms with van der Waals surface area (Å²) in [4.78, 5) is 0. The Morgan fingerprint density at radius 3 is 1.42 bits per heavy atom. The summed E-state index contributed by atoms with van der Waals surface area (Å²) in [5.74, 6) is 0. The van der Waals surface area contributed by atoms with Crippen molar-refractivity contribution in [3.05, 3.63) is 42.5 Å². The molecule has 0 heterocycles. The average molecular weight is 422 g/mol. The third kappa shape index (κ3) is 17.2. The largest absolute Gasteiger partial charge is 0.311 e. The first kappa shape index (κ1) is 13.1. The molecule has 0 fully saturated rings. The standard InChI is InChI=1S/C7H7.BBr4/c1-2-4-6-7-5-3-1;2-1(3,4)5/h1-7H;/q+1;-1. The van der Waals surface area contributed by atoms with Crippen LogP contribution in [0.15, 0.2) is 42.5 Å². The van der Waals surface area contributed by atoms with Crippen LogP contribution < -0.4 is 0 Å². The topological polar surface area (TPSA) is 0 Å². The van der Waals surface area contributed by atoms with Gasteiger partial charge < -0.3 is 63.0 Å². The van der Waals surface area contributed by atoms with Crippen LogP contribution in [0.2, 0.25) is 0 Å². The summed E-state index contributed by atoms with van der Waals surface area (Å²) < 4.78 is -0.750. The molecule has 0 aromatic heterocycles. The number of halogens is 4. The van der Waals surface area contributed by atoms with Crippen molar-refractivity contribution in [3.8, 4) is 0 Å². The second kappa shape index (κ2) is 7.48. The lowest BCUT2D eigenvalue weighted by Crippen LogP contribution is -1.86. The third-order valence-corrected chi connectivity index (χ3v) is 0.778. The van der Waals surface area contributed by atoms with Crippen molar-refractivity contribution in [2.75, 3.05) is 0 Å². The fourth-order valence-corrected chi connectivity index (χ4v) is 0.449. The van der Waals surface area contributed by atoms with Crippen molar-refractivity contribution < 1.29 is 0 Å². The van der Waals surface area contributed by atoms with Crippen LogP contribution in [0.3, 0.4) is 0 Å². The van der Waals surface area contributed by atoms with Gasteiger partial charge in [0.1, 0.15) is 0 Å². The van der Waals surface area contributed by atoms with Gasteiger partial charge in [-0.1, -0.05) is 0 Å². The Morgan fingerprint density at radius 2 is 1.08 bits per heavy atom. The van der Waals surface area contributed by atoms with E-state index in [1.165, 1.54) is 0 Å². The van der Waals surface area contributed by atoms with Gasteiger partial charge in [-0.3, -0.25) is 0 Å². The number of hydrogen-bond donors (Lipinski definition) is 0. The maximum absolute atomic E-state index is 3.19. The molecule has 0 unspecified atom stereocenters. The molecular weight excluding hydrogens is 415 g/mol. The zero-order valence-electron chi connectivity index (χ0n) is 6.13. The molecule has 0 radical (unpaired) electrons. The van der Waals surface area contributed by atoms with E-state index in [-0.39, 0.29) is 0 Å². The fourth-order valence-electron chi connectivity index (χ4n) is 0.449. The van der Waals surface area contributed by atoms with Crippen molar-refractivity contribution in [1.82, 2.24) is 0 Å². The van der Waals surface area contributed by atoms with E-state index >= 15 is 0 Å². The zero-order chi connectivity index (χ0) is 9.45. The van der Waals surface area contributed by atoms with Crippen molar-refractivity contribution in [2.45, 2.75) is 0 Å². The smallest absolute Gasteiger partial charge is 0.246 e. The molecule has 0 spiro atoms. The molecule has 1 aromatic rings. The molecule has 0 nitrogen and oxygen atoms in total. The Balaban J connectivity index is 0.000000217. The second-order valence-corrected chi connectivity index (χ2v) is 14.7. The molecular formula is C7H7BBr4. The van der Waals surface area contributed by atoms with Crippen LogP contribution in [0.5, 0.6) is 0 Å². The van der Waals surface area contributed by atoms with E-state index in [2.05, 4.69) is 63.0 Å². The lowest BCUT2D eigenvalue weighted by Gasteiger charge is -2.05. The van der Waals surface area contributed by atoms with Gasteiger partial charge in [-0.2, -0.15) is 0 Å². The molecule has 0 amide bonds. The average Bonchev–Trinajstić information content (AvgIpc) is 2.10. The summed E-state index contributed by atoms with van der Waals surface area (Å²) >= 11 is 12.8. The van der Waals surface area contributed by atoms with Crippen LogP contribution in [-0.2, 0) is 0 Å². The van der Waals surface area contributed by atoms with Crippen molar-refractivity contribution in [1.29, 1.82) is 0 Å². The van der Waals surface area contributed by atoms with E-state index in [1.54, 1.807) is 0 Å². The summed E-state index contributed by atoms with van der Waals surface area (Å²) in [7, 11) is 0. The van der Waals surface area contributed by atoms with Crippen LogP contribution in [0, 0.1) is 0 Å². The van der Waals surface area contributed by atoms with Gasteiger partial charge in [0, 0.05) is 42.5 Å². The van der Waals surface area contributed by atoms with Gasteiger partial charge >= 0.3 is 0 Å². The van der Waals surface area contributed by atoms with E-state index in [4.69, 9.17) is 0 Å². The van der Waals surface area contributed by atoms with Crippen molar-refractivity contribution in [2.24, 2.45) is 0 Å². The normalized spacial score (nSPS) is 9.67. The van der Waals surface area contributed by atoms with Crippen LogP contribution >= 0.6 is 63.0 Å². The molecule has 0 bridgehead atoms. The molecule has 0 aliphatic carbocycles. The van der Waals surface area contributed by atoms with Gasteiger partial charge in [-0.15, -0.1) is 0 Å². The lowest BCUT2D eigenvalue weighted by molar-refractivity contribution is 1.88. The zero-order valence-corrected chi connectivity index (χ0v) is 12.5. The summed E-state index contributed by atoms with van der Waals surface area (Å²) in [5.41, 5.74) is 0. The Kier molecular flexibility index (Phi) is 8.15. The number of rotatable bonds is 0. The highest BCUT2D eigenvalue weighted by Gasteiger charge is 1.99. The van der Waals surface area contributed by atoms with Crippen LogP contribution in [0.25, 0.3) is 0 Å². The lowest BCUT2D eigenvalue weighted by atomic mass is 10.5. The monoisotopic (exact) mass is 418 g/mol. The van der Waals surface area contributed by atoms with E-state index in [0.29, 0.717) is 0 Å². The maximum atomic E-state index is 3.19. The van der Waals surface area contributed by atoms with Crippen molar-refractivity contribution >= 4 is 64.5 Å². The van der Waals surface area contributed by atoms with Gasteiger partial charge in [-0.05, 0) is 0 Å². The van der Waals surface area contributed by atoms with E-state index in [9.17, 15) is 0 Å². The fraction of sp³-hybridized carbons (Fsp3) is 0. The van der Waals surface area contributed by atoms with Crippen molar-refractivity contribution in [3.63, 3.8) is 0 Å². The molecule has 1 rings (SSSR count). The minimum absolute atomic E-state index is 0.750. The van der Waals surface area contributed by atoms with Gasteiger partial charge in [0.15, 0.2) is 0 Å². The Bertz CT molecular complexity index is 158. The quantitative estimate of drug-likeness (QED) is 0.410. The maximum Gasteiger partial charge on any atom is 0.246 e. The van der Waals surface area contributed by atoms with Crippen LogP contribution in [0.4, 0.5) is 0 Å². The molecule has 0 aliphatic heterocycles. The first-order valence-corrected chi connectivity index (χ1v) is 6.87. The minimum atomic E-state index is -0.750. The Hall–Kier alpha value is 1.07. The molecule has 0 saturated carbocycles. The van der Waals surface area contributed by atoms with Gasteiger partial charge in [0.2, 0.25) is 1.44 Å². The Labute approximate surface area is 106 Å². The summed E-state index contributed by atoms with van der Waals surface area (Å²) in [5, 5.41) is 0. The highest BCUT2D eigenvalue weighted by atomic mass is 80.0. The van der Waals surface area contributed by atoms with Gasteiger partial charge in [-0.25, -0.2) is 0 Å².